The van der Waals surface area contributed by atoms with Gasteiger partial charge in [0.1, 0.15) is 11.4 Å². The van der Waals surface area contributed by atoms with Gasteiger partial charge >= 0.3 is 0 Å². The summed E-state index contributed by atoms with van der Waals surface area (Å²) < 4.78 is 14.8. The first kappa shape index (κ1) is 23.3. The van der Waals surface area contributed by atoms with Gasteiger partial charge in [0.15, 0.2) is 0 Å². The zero-order valence-electron chi connectivity index (χ0n) is 17.9. The first-order chi connectivity index (χ1) is 16.4. The highest BCUT2D eigenvalue weighted by Gasteiger charge is 2.20. The van der Waals surface area contributed by atoms with E-state index in [4.69, 9.17) is 11.6 Å². The predicted octanol–water partition coefficient (Wildman–Crippen LogP) is 3.42. The van der Waals surface area contributed by atoms with E-state index >= 15 is 0 Å². The largest absolute Gasteiger partial charge is 0.394 e. The van der Waals surface area contributed by atoms with Crippen LogP contribution in [-0.4, -0.2) is 38.4 Å². The van der Waals surface area contributed by atoms with E-state index in [1.54, 1.807) is 42.7 Å². The molecule has 2 aromatic carbocycles. The number of amides is 1. The fourth-order valence-corrected chi connectivity index (χ4v) is 3.56. The fraction of sp³-hybridized carbons (Fsp3) is 0.120. The Bertz CT molecular complexity index is 1360. The Balaban J connectivity index is 1.75. The molecular weight excluding hydrogens is 459 g/mol. The molecule has 4 aromatic rings. The molecular formula is C25H20ClFN4O3. The Hall–Kier alpha value is -3.88. The van der Waals surface area contributed by atoms with Crippen molar-refractivity contribution < 1.29 is 14.3 Å². The van der Waals surface area contributed by atoms with Crippen LogP contribution in [0.25, 0.3) is 16.9 Å². The minimum Gasteiger partial charge on any atom is -0.394 e. The molecule has 4 rings (SSSR count). The van der Waals surface area contributed by atoms with Crippen molar-refractivity contribution in [1.29, 1.82) is 0 Å². The molecule has 1 unspecified atom stereocenters. The molecule has 0 saturated carbocycles. The molecule has 2 N–H and O–H groups in total. The van der Waals surface area contributed by atoms with Gasteiger partial charge in [-0.05, 0) is 54.4 Å². The van der Waals surface area contributed by atoms with Gasteiger partial charge in [0, 0.05) is 23.0 Å². The van der Waals surface area contributed by atoms with Gasteiger partial charge in [-0.15, -0.1) is 0 Å². The highest BCUT2D eigenvalue weighted by Crippen LogP contribution is 2.20. The van der Waals surface area contributed by atoms with Gasteiger partial charge in [0.05, 0.1) is 24.0 Å². The lowest BCUT2D eigenvalue weighted by molar-refractivity contribution is 0.0914. The summed E-state index contributed by atoms with van der Waals surface area (Å²) in [5, 5.41) is 17.4. The number of aliphatic hydroxyl groups is 1. The molecule has 9 heteroatoms. The van der Waals surface area contributed by atoms with Gasteiger partial charge in [-0.3, -0.25) is 14.6 Å². The molecule has 0 aliphatic rings. The molecule has 2 heterocycles. The summed E-state index contributed by atoms with van der Waals surface area (Å²) in [5.74, 6) is -1.23. The maximum absolute atomic E-state index is 13.9. The number of carbonyl (C=O) groups is 1. The second kappa shape index (κ2) is 10.4. The van der Waals surface area contributed by atoms with Crippen molar-refractivity contribution in [2.75, 3.05) is 6.61 Å². The van der Waals surface area contributed by atoms with Crippen molar-refractivity contribution in [3.63, 3.8) is 0 Å². The molecule has 0 radical (unpaired) electrons. The van der Waals surface area contributed by atoms with Crippen LogP contribution in [0.15, 0.2) is 83.9 Å². The summed E-state index contributed by atoms with van der Waals surface area (Å²) in [6.07, 6.45) is 3.58. The van der Waals surface area contributed by atoms with Gasteiger partial charge in [-0.1, -0.05) is 35.9 Å². The number of nitrogens with zero attached hydrogens (tertiary/aromatic N) is 3. The van der Waals surface area contributed by atoms with Gasteiger partial charge < -0.3 is 10.4 Å². The molecule has 0 aliphatic heterocycles. The van der Waals surface area contributed by atoms with E-state index in [2.05, 4.69) is 15.4 Å². The average molecular weight is 479 g/mol. The molecule has 172 valence electrons. The van der Waals surface area contributed by atoms with Crippen molar-refractivity contribution in [3.8, 4) is 16.9 Å². The Kier molecular flexibility index (Phi) is 7.10. The number of carbonyl (C=O) groups excluding carboxylic acids is 1. The number of nitrogens with one attached hydrogen (secondary N) is 1. The lowest BCUT2D eigenvalue weighted by Gasteiger charge is -2.17. The van der Waals surface area contributed by atoms with E-state index in [1.807, 2.05) is 6.07 Å². The number of rotatable bonds is 7. The zero-order valence-corrected chi connectivity index (χ0v) is 18.6. The van der Waals surface area contributed by atoms with E-state index in [9.17, 15) is 19.1 Å². The minimum absolute atomic E-state index is 0.170. The summed E-state index contributed by atoms with van der Waals surface area (Å²) in [6.45, 7) is -0.339. The van der Waals surface area contributed by atoms with Crippen LogP contribution >= 0.6 is 11.6 Å². The molecule has 0 aliphatic carbocycles. The first-order valence-electron chi connectivity index (χ1n) is 10.4. The molecule has 0 fully saturated rings. The van der Waals surface area contributed by atoms with Crippen molar-refractivity contribution in [2.45, 2.75) is 12.5 Å². The molecule has 1 atom stereocenters. The van der Waals surface area contributed by atoms with Crippen LogP contribution < -0.4 is 10.9 Å². The monoisotopic (exact) mass is 478 g/mol. The third-order valence-corrected chi connectivity index (χ3v) is 5.36. The van der Waals surface area contributed by atoms with E-state index in [-0.39, 0.29) is 17.9 Å². The SMILES string of the molecule is O=C(NC(CO)Cc1cccnc1)c1cc(-c2ccc(Cl)cc2)nn(-c2cccc(F)c2)c1=O. The standard InChI is InChI=1S/C25H20ClFN4O3/c26-18-8-6-17(7-9-18)23-13-22(25(34)31(30-23)21-5-1-4-19(27)12-21)24(33)29-20(15-32)11-16-3-2-10-28-14-16/h1-10,12-14,20,32H,11,15H2,(H,29,33). The van der Waals surface area contributed by atoms with E-state index < -0.39 is 23.3 Å². The Morgan fingerprint density at radius 3 is 2.59 bits per heavy atom. The highest BCUT2D eigenvalue weighted by atomic mass is 35.5. The van der Waals surface area contributed by atoms with Gasteiger partial charge in [-0.2, -0.15) is 9.78 Å². The first-order valence-corrected chi connectivity index (χ1v) is 10.8. The van der Waals surface area contributed by atoms with Gasteiger partial charge in [-0.25, -0.2) is 4.39 Å². The van der Waals surface area contributed by atoms with Gasteiger partial charge in [0.2, 0.25) is 0 Å². The smallest absolute Gasteiger partial charge is 0.284 e. The number of hydrogen-bond acceptors (Lipinski definition) is 5. The lowest BCUT2D eigenvalue weighted by atomic mass is 10.1. The molecule has 2 aromatic heterocycles. The number of benzene rings is 2. The van der Waals surface area contributed by atoms with Crippen molar-refractivity contribution in [3.05, 3.63) is 111 Å². The maximum atomic E-state index is 13.9. The molecule has 0 saturated heterocycles. The van der Waals surface area contributed by atoms with Crippen molar-refractivity contribution in [2.24, 2.45) is 0 Å². The van der Waals surface area contributed by atoms with E-state index in [0.29, 0.717) is 22.7 Å². The summed E-state index contributed by atoms with van der Waals surface area (Å²) in [6, 6.07) is 16.4. The number of aliphatic hydroxyl groups excluding tert-OH is 1. The molecule has 0 bridgehead atoms. The van der Waals surface area contributed by atoms with Crippen LogP contribution in [0.1, 0.15) is 15.9 Å². The maximum Gasteiger partial charge on any atom is 0.284 e. The predicted molar refractivity (Wildman–Crippen MR) is 127 cm³/mol. The summed E-state index contributed by atoms with van der Waals surface area (Å²) in [7, 11) is 0. The average Bonchev–Trinajstić information content (AvgIpc) is 2.85. The summed E-state index contributed by atoms with van der Waals surface area (Å²) >= 11 is 5.98. The number of pyridine rings is 1. The topological polar surface area (TPSA) is 97.1 Å². The van der Waals surface area contributed by atoms with Crippen LogP contribution in [0.5, 0.6) is 0 Å². The molecule has 0 spiro atoms. The second-order valence-electron chi connectivity index (χ2n) is 7.57. The normalized spacial score (nSPS) is 11.7. The van der Waals surface area contributed by atoms with Crippen molar-refractivity contribution >= 4 is 17.5 Å². The summed E-state index contributed by atoms with van der Waals surface area (Å²) in [4.78, 5) is 30.4. The second-order valence-corrected chi connectivity index (χ2v) is 8.00. The minimum atomic E-state index is -0.723. The Morgan fingerprint density at radius 1 is 1.12 bits per heavy atom. The fourth-order valence-electron chi connectivity index (χ4n) is 3.43. The van der Waals surface area contributed by atoms with E-state index in [1.165, 1.54) is 24.3 Å². The van der Waals surface area contributed by atoms with Crippen LogP contribution in [0.3, 0.4) is 0 Å². The van der Waals surface area contributed by atoms with Gasteiger partial charge in [0.25, 0.3) is 11.5 Å². The summed E-state index contributed by atoms with van der Waals surface area (Å²) in [5.41, 5.74) is 0.989. The third kappa shape index (κ3) is 5.36. The molecule has 7 nitrogen and oxygen atoms in total. The molecule has 34 heavy (non-hydrogen) atoms. The van der Waals surface area contributed by atoms with Crippen molar-refractivity contribution in [1.82, 2.24) is 20.1 Å². The highest BCUT2D eigenvalue weighted by molar-refractivity contribution is 6.30. The Morgan fingerprint density at radius 2 is 1.91 bits per heavy atom. The van der Waals surface area contributed by atoms with Crippen LogP contribution in [0, 0.1) is 5.82 Å². The lowest BCUT2D eigenvalue weighted by Crippen LogP contribution is -2.42. The Labute approximate surface area is 199 Å². The van der Waals surface area contributed by atoms with E-state index in [0.717, 1.165) is 16.3 Å². The quantitative estimate of drug-likeness (QED) is 0.424. The number of halogens is 2. The van der Waals surface area contributed by atoms with Crippen LogP contribution in [0.4, 0.5) is 4.39 Å². The number of hydrogen-bond donors (Lipinski definition) is 2. The molecule has 1 amide bonds. The zero-order chi connectivity index (χ0) is 24.1. The van der Waals surface area contributed by atoms with Crippen LogP contribution in [0.2, 0.25) is 5.02 Å². The third-order valence-electron chi connectivity index (χ3n) is 5.11. The number of aromatic nitrogens is 3. The van der Waals surface area contributed by atoms with Crippen LogP contribution in [-0.2, 0) is 6.42 Å².